The van der Waals surface area contributed by atoms with Gasteiger partial charge >= 0.3 is 0 Å². The van der Waals surface area contributed by atoms with Gasteiger partial charge in [0.15, 0.2) is 10.3 Å². The van der Waals surface area contributed by atoms with Crippen molar-refractivity contribution in [3.05, 3.63) is 18.7 Å². The summed E-state index contributed by atoms with van der Waals surface area (Å²) in [5.41, 5.74) is 6.01. The third-order valence-corrected chi connectivity index (χ3v) is 2.45. The Labute approximate surface area is 84.6 Å². The van der Waals surface area contributed by atoms with E-state index in [1.54, 1.807) is 23.3 Å². The van der Waals surface area contributed by atoms with E-state index in [2.05, 4.69) is 20.2 Å². The topological polar surface area (TPSA) is 82.5 Å². The molecule has 0 amide bonds. The van der Waals surface area contributed by atoms with Crippen LogP contribution in [0.25, 0.3) is 0 Å². The molecule has 0 aromatic carbocycles. The summed E-state index contributed by atoms with van der Waals surface area (Å²) >= 11 is 1.34. The molecule has 0 fully saturated rings. The molecule has 0 aliphatic heterocycles. The number of hydrogen-bond acceptors (Lipinski definition) is 6. The lowest BCUT2D eigenvalue weighted by atomic mass is 10.6. The molecule has 0 aliphatic carbocycles. The summed E-state index contributed by atoms with van der Waals surface area (Å²) < 4.78 is 1.80. The zero-order valence-electron chi connectivity index (χ0n) is 7.45. The molecular formula is C7H8N6S. The minimum atomic E-state index is 0.548. The third kappa shape index (κ3) is 1.82. The fourth-order valence-corrected chi connectivity index (χ4v) is 1.48. The Bertz CT molecular complexity index is 422. The lowest BCUT2D eigenvalue weighted by molar-refractivity contribution is 0.784. The van der Waals surface area contributed by atoms with Gasteiger partial charge in [-0.25, -0.2) is 9.97 Å². The van der Waals surface area contributed by atoms with Crippen LogP contribution in [0, 0.1) is 0 Å². The van der Waals surface area contributed by atoms with Crippen molar-refractivity contribution in [1.82, 2.24) is 24.7 Å². The van der Waals surface area contributed by atoms with Gasteiger partial charge in [0.1, 0.15) is 6.33 Å². The third-order valence-electron chi connectivity index (χ3n) is 1.50. The molecule has 0 atom stereocenters. The summed E-state index contributed by atoms with van der Waals surface area (Å²) in [6.07, 6.45) is 4.75. The van der Waals surface area contributed by atoms with Gasteiger partial charge in [0, 0.05) is 7.05 Å². The number of nitrogens with two attached hydrogens (primary N) is 1. The van der Waals surface area contributed by atoms with Crippen molar-refractivity contribution >= 4 is 17.4 Å². The van der Waals surface area contributed by atoms with Crippen LogP contribution in [0.3, 0.4) is 0 Å². The second-order valence-corrected chi connectivity index (χ2v) is 3.56. The predicted molar refractivity (Wildman–Crippen MR) is 51.6 cm³/mol. The Hall–Kier alpha value is -1.63. The first-order chi connectivity index (χ1) is 6.75. The maximum Gasteiger partial charge on any atom is 0.198 e. The fourth-order valence-electron chi connectivity index (χ4n) is 0.826. The van der Waals surface area contributed by atoms with Crippen molar-refractivity contribution in [2.75, 3.05) is 5.73 Å². The van der Waals surface area contributed by atoms with Crippen LogP contribution >= 0.6 is 11.8 Å². The largest absolute Gasteiger partial charge is 0.396 e. The summed E-state index contributed by atoms with van der Waals surface area (Å²) in [5.74, 6) is 0. The normalized spacial score (nSPS) is 10.4. The van der Waals surface area contributed by atoms with Gasteiger partial charge < -0.3 is 10.3 Å². The van der Waals surface area contributed by atoms with E-state index in [9.17, 15) is 0 Å². The fraction of sp³-hybridized carbons (Fsp3) is 0.143. The maximum absolute atomic E-state index is 5.46. The second kappa shape index (κ2) is 3.62. The molecule has 0 radical (unpaired) electrons. The first kappa shape index (κ1) is 8.95. The zero-order chi connectivity index (χ0) is 9.97. The molecule has 2 aromatic heterocycles. The molecule has 14 heavy (non-hydrogen) atoms. The van der Waals surface area contributed by atoms with Gasteiger partial charge in [-0.15, -0.1) is 10.2 Å². The van der Waals surface area contributed by atoms with Crippen LogP contribution < -0.4 is 5.73 Å². The summed E-state index contributed by atoms with van der Waals surface area (Å²) in [5, 5.41) is 9.00. The van der Waals surface area contributed by atoms with Crippen LogP contribution in [-0.2, 0) is 7.05 Å². The van der Waals surface area contributed by atoms with Crippen molar-refractivity contribution in [1.29, 1.82) is 0 Å². The van der Waals surface area contributed by atoms with Crippen molar-refractivity contribution in [3.8, 4) is 0 Å². The quantitative estimate of drug-likeness (QED) is 0.716. The zero-order valence-corrected chi connectivity index (χ0v) is 8.27. The van der Waals surface area contributed by atoms with Crippen molar-refractivity contribution in [2.24, 2.45) is 7.05 Å². The highest BCUT2D eigenvalue weighted by molar-refractivity contribution is 7.99. The smallest absolute Gasteiger partial charge is 0.198 e. The Morgan fingerprint density at radius 2 is 2.07 bits per heavy atom. The summed E-state index contributed by atoms with van der Waals surface area (Å²) in [6.45, 7) is 0. The molecule has 2 rings (SSSR count). The number of aromatic nitrogens is 5. The molecule has 0 bridgehead atoms. The van der Waals surface area contributed by atoms with Crippen LogP contribution in [0.4, 0.5) is 5.69 Å². The highest BCUT2D eigenvalue weighted by Gasteiger charge is 2.05. The molecule has 0 unspecified atom stereocenters. The van der Waals surface area contributed by atoms with E-state index >= 15 is 0 Å². The van der Waals surface area contributed by atoms with Gasteiger partial charge in [0.25, 0.3) is 0 Å². The van der Waals surface area contributed by atoms with Gasteiger partial charge in [0.2, 0.25) is 0 Å². The summed E-state index contributed by atoms with van der Waals surface area (Å²) in [7, 11) is 1.86. The number of nitrogens with zero attached hydrogens (tertiary/aromatic N) is 5. The van der Waals surface area contributed by atoms with Crippen LogP contribution in [0.2, 0.25) is 0 Å². The van der Waals surface area contributed by atoms with Crippen molar-refractivity contribution in [2.45, 2.75) is 10.3 Å². The maximum atomic E-state index is 5.46. The summed E-state index contributed by atoms with van der Waals surface area (Å²) in [6, 6.07) is 0. The van der Waals surface area contributed by atoms with E-state index in [1.165, 1.54) is 11.8 Å². The molecule has 0 spiro atoms. The minimum absolute atomic E-state index is 0.548. The molecule has 2 aromatic rings. The lowest BCUT2D eigenvalue weighted by Gasteiger charge is -1.98. The van der Waals surface area contributed by atoms with E-state index in [0.717, 1.165) is 5.16 Å². The SMILES string of the molecule is Cn1cnnc1Sc1ncc(N)cn1. The monoisotopic (exact) mass is 208 g/mol. The first-order valence-corrected chi connectivity index (χ1v) is 4.67. The minimum Gasteiger partial charge on any atom is -0.396 e. The highest BCUT2D eigenvalue weighted by atomic mass is 32.2. The van der Waals surface area contributed by atoms with E-state index in [4.69, 9.17) is 5.73 Å². The highest BCUT2D eigenvalue weighted by Crippen LogP contribution is 2.20. The Morgan fingerprint density at radius 3 is 2.64 bits per heavy atom. The second-order valence-electron chi connectivity index (χ2n) is 2.63. The molecule has 0 saturated heterocycles. The first-order valence-electron chi connectivity index (χ1n) is 3.85. The summed E-state index contributed by atoms with van der Waals surface area (Å²) in [4.78, 5) is 8.08. The van der Waals surface area contributed by atoms with Gasteiger partial charge in [-0.2, -0.15) is 0 Å². The molecular weight excluding hydrogens is 200 g/mol. The van der Waals surface area contributed by atoms with Gasteiger partial charge in [-0.3, -0.25) is 0 Å². The molecule has 0 saturated carbocycles. The van der Waals surface area contributed by atoms with Gasteiger partial charge in [0.05, 0.1) is 18.1 Å². The molecule has 2 heterocycles. The molecule has 6 nitrogen and oxygen atoms in total. The van der Waals surface area contributed by atoms with Crippen LogP contribution in [0.5, 0.6) is 0 Å². The van der Waals surface area contributed by atoms with E-state index in [1.807, 2.05) is 7.05 Å². The number of aryl methyl sites for hydroxylation is 1. The van der Waals surface area contributed by atoms with Gasteiger partial charge in [-0.05, 0) is 11.8 Å². The number of anilines is 1. The Balaban J connectivity index is 2.19. The standard InChI is InChI=1S/C7H8N6S/c1-13-4-11-12-7(13)14-6-9-2-5(8)3-10-6/h2-4H,8H2,1H3. The average molecular weight is 208 g/mol. The van der Waals surface area contributed by atoms with Crippen LogP contribution in [0.15, 0.2) is 29.0 Å². The molecule has 2 N–H and O–H groups in total. The average Bonchev–Trinajstić information content (AvgIpc) is 2.56. The lowest BCUT2D eigenvalue weighted by Crippen LogP contribution is -1.93. The number of nitrogen functional groups attached to an aromatic ring is 1. The Kier molecular flexibility index (Phi) is 2.32. The van der Waals surface area contributed by atoms with Gasteiger partial charge in [-0.1, -0.05) is 0 Å². The number of rotatable bonds is 2. The predicted octanol–water partition coefficient (Wildman–Crippen LogP) is 0.338. The molecule has 7 heteroatoms. The molecule has 0 aliphatic rings. The van der Waals surface area contributed by atoms with Crippen LogP contribution in [0.1, 0.15) is 0 Å². The van der Waals surface area contributed by atoms with Crippen LogP contribution in [-0.4, -0.2) is 24.7 Å². The molecule has 72 valence electrons. The van der Waals surface area contributed by atoms with Crippen molar-refractivity contribution in [3.63, 3.8) is 0 Å². The number of hydrogen-bond donors (Lipinski definition) is 1. The van der Waals surface area contributed by atoms with E-state index < -0.39 is 0 Å². The van der Waals surface area contributed by atoms with E-state index in [0.29, 0.717) is 10.8 Å². The van der Waals surface area contributed by atoms with Crippen molar-refractivity contribution < 1.29 is 0 Å². The van der Waals surface area contributed by atoms with E-state index in [-0.39, 0.29) is 0 Å². The Morgan fingerprint density at radius 1 is 1.36 bits per heavy atom.